The zero-order chi connectivity index (χ0) is 12.8. The van der Waals surface area contributed by atoms with Crippen molar-refractivity contribution in [2.45, 2.75) is 39.7 Å². The molecule has 0 heterocycles. The molecule has 0 aromatic heterocycles. The second kappa shape index (κ2) is 6.50. The molecule has 1 atom stereocenters. The Morgan fingerprint density at radius 3 is 2.59 bits per heavy atom. The van der Waals surface area contributed by atoms with Gasteiger partial charge in [-0.25, -0.2) is 0 Å². The van der Waals surface area contributed by atoms with E-state index in [1.165, 1.54) is 0 Å². The molecule has 0 aliphatic heterocycles. The number of hydrogen-bond acceptors (Lipinski definition) is 3. The highest BCUT2D eigenvalue weighted by Crippen LogP contribution is 2.28. The first kappa shape index (κ1) is 13.8. The Balaban J connectivity index is 2.81. The van der Waals surface area contributed by atoms with E-state index in [4.69, 9.17) is 16.2 Å². The summed E-state index contributed by atoms with van der Waals surface area (Å²) < 4.78 is 5.59. The van der Waals surface area contributed by atoms with Crippen LogP contribution < -0.4 is 16.2 Å². The van der Waals surface area contributed by atoms with Gasteiger partial charge in [-0.3, -0.25) is 0 Å². The van der Waals surface area contributed by atoms with Crippen molar-refractivity contribution in [3.8, 4) is 5.75 Å². The van der Waals surface area contributed by atoms with Gasteiger partial charge in [-0.1, -0.05) is 20.8 Å². The highest BCUT2D eigenvalue weighted by atomic mass is 16.5. The number of nitrogen functional groups attached to an aromatic ring is 1. The molecule has 0 bridgehead atoms. The van der Waals surface area contributed by atoms with Gasteiger partial charge in [0.1, 0.15) is 5.75 Å². The van der Waals surface area contributed by atoms with Gasteiger partial charge in [0.25, 0.3) is 0 Å². The van der Waals surface area contributed by atoms with E-state index in [0.717, 1.165) is 36.4 Å². The lowest BCUT2D eigenvalue weighted by Crippen LogP contribution is -2.15. The third-order valence-electron chi connectivity index (χ3n) is 2.66. The molecule has 0 radical (unpaired) electrons. The van der Waals surface area contributed by atoms with Crippen LogP contribution in [0, 0.1) is 5.92 Å². The smallest absolute Gasteiger partial charge is 0.119 e. The Bertz CT molecular complexity index is 350. The predicted octanol–water partition coefficient (Wildman–Crippen LogP) is 3.10. The predicted molar refractivity (Wildman–Crippen MR) is 73.0 cm³/mol. The molecule has 3 nitrogen and oxygen atoms in total. The lowest BCUT2D eigenvalue weighted by molar-refractivity contribution is 0.317. The SMILES string of the molecule is CCCOc1ccc(N)c(C(N)CC(C)C)c1. The molecule has 0 saturated carbocycles. The van der Waals surface area contributed by atoms with Crippen LogP contribution in [0.1, 0.15) is 45.2 Å². The van der Waals surface area contributed by atoms with E-state index in [1.807, 2.05) is 18.2 Å². The average molecular weight is 236 g/mol. The molecule has 1 rings (SSSR count). The molecular formula is C14H24N2O. The maximum atomic E-state index is 6.16. The minimum Gasteiger partial charge on any atom is -0.494 e. The molecule has 17 heavy (non-hydrogen) atoms. The van der Waals surface area contributed by atoms with Crippen molar-refractivity contribution >= 4 is 5.69 Å². The van der Waals surface area contributed by atoms with Gasteiger partial charge in [-0.05, 0) is 42.5 Å². The second-order valence-electron chi connectivity index (χ2n) is 4.88. The quantitative estimate of drug-likeness (QED) is 0.746. The van der Waals surface area contributed by atoms with Crippen LogP contribution in [-0.4, -0.2) is 6.61 Å². The molecule has 1 aromatic rings. The van der Waals surface area contributed by atoms with Crippen LogP contribution >= 0.6 is 0 Å². The summed E-state index contributed by atoms with van der Waals surface area (Å²) in [6.07, 6.45) is 1.93. The summed E-state index contributed by atoms with van der Waals surface area (Å²) in [5, 5.41) is 0. The highest BCUT2D eigenvalue weighted by Gasteiger charge is 2.12. The van der Waals surface area contributed by atoms with Gasteiger partial charge in [0.15, 0.2) is 0 Å². The average Bonchev–Trinajstić information content (AvgIpc) is 2.27. The Morgan fingerprint density at radius 1 is 1.29 bits per heavy atom. The number of nitrogens with two attached hydrogens (primary N) is 2. The molecule has 96 valence electrons. The zero-order valence-electron chi connectivity index (χ0n) is 11.1. The van der Waals surface area contributed by atoms with Crippen molar-refractivity contribution in [2.75, 3.05) is 12.3 Å². The van der Waals surface area contributed by atoms with Crippen LogP contribution in [0.25, 0.3) is 0 Å². The van der Waals surface area contributed by atoms with Crippen molar-refractivity contribution in [3.63, 3.8) is 0 Å². The molecule has 1 aromatic carbocycles. The third-order valence-corrected chi connectivity index (χ3v) is 2.66. The van der Waals surface area contributed by atoms with Crippen molar-refractivity contribution in [1.29, 1.82) is 0 Å². The van der Waals surface area contributed by atoms with E-state index in [0.29, 0.717) is 5.92 Å². The van der Waals surface area contributed by atoms with E-state index >= 15 is 0 Å². The molecular weight excluding hydrogens is 212 g/mol. The van der Waals surface area contributed by atoms with E-state index < -0.39 is 0 Å². The Morgan fingerprint density at radius 2 is 2.00 bits per heavy atom. The van der Waals surface area contributed by atoms with Crippen LogP contribution in [-0.2, 0) is 0 Å². The van der Waals surface area contributed by atoms with Crippen LogP contribution in [0.3, 0.4) is 0 Å². The first-order valence-corrected chi connectivity index (χ1v) is 6.32. The van der Waals surface area contributed by atoms with Crippen molar-refractivity contribution in [2.24, 2.45) is 11.7 Å². The number of anilines is 1. The molecule has 0 amide bonds. The van der Waals surface area contributed by atoms with Gasteiger partial charge in [0.05, 0.1) is 6.61 Å². The second-order valence-corrected chi connectivity index (χ2v) is 4.88. The molecule has 0 fully saturated rings. The standard InChI is InChI=1S/C14H24N2O/c1-4-7-17-11-5-6-13(15)12(9-11)14(16)8-10(2)3/h5-6,9-10,14H,4,7-8,15-16H2,1-3H3. The molecule has 1 unspecified atom stereocenters. The number of benzene rings is 1. The van der Waals surface area contributed by atoms with Gasteiger partial charge in [0, 0.05) is 11.7 Å². The molecule has 0 aliphatic rings. The summed E-state index contributed by atoms with van der Waals surface area (Å²) in [5.41, 5.74) is 13.9. The molecule has 0 saturated heterocycles. The van der Waals surface area contributed by atoms with Gasteiger partial charge < -0.3 is 16.2 Å². The van der Waals surface area contributed by atoms with Crippen LogP contribution in [0.4, 0.5) is 5.69 Å². The van der Waals surface area contributed by atoms with Gasteiger partial charge in [0.2, 0.25) is 0 Å². The summed E-state index contributed by atoms with van der Waals surface area (Å²) in [6.45, 7) is 7.13. The minimum absolute atomic E-state index is 0.0137. The molecule has 0 aliphatic carbocycles. The Labute approximate surface area is 104 Å². The van der Waals surface area contributed by atoms with Crippen molar-refractivity contribution < 1.29 is 4.74 Å². The highest BCUT2D eigenvalue weighted by molar-refractivity contribution is 5.52. The lowest BCUT2D eigenvalue weighted by Gasteiger charge is -2.17. The van der Waals surface area contributed by atoms with E-state index in [2.05, 4.69) is 20.8 Å². The fourth-order valence-electron chi connectivity index (χ4n) is 1.82. The maximum Gasteiger partial charge on any atom is 0.119 e. The molecule has 0 spiro atoms. The Kier molecular flexibility index (Phi) is 5.29. The van der Waals surface area contributed by atoms with Crippen molar-refractivity contribution in [1.82, 2.24) is 0 Å². The van der Waals surface area contributed by atoms with Gasteiger partial charge in [-0.2, -0.15) is 0 Å². The summed E-state index contributed by atoms with van der Waals surface area (Å²) in [6, 6.07) is 5.73. The van der Waals surface area contributed by atoms with E-state index in [-0.39, 0.29) is 6.04 Å². The van der Waals surface area contributed by atoms with E-state index in [9.17, 15) is 0 Å². The molecule has 3 heteroatoms. The topological polar surface area (TPSA) is 61.3 Å². The number of ether oxygens (including phenoxy) is 1. The number of hydrogen-bond donors (Lipinski definition) is 2. The van der Waals surface area contributed by atoms with Gasteiger partial charge in [-0.15, -0.1) is 0 Å². The van der Waals surface area contributed by atoms with Crippen molar-refractivity contribution in [3.05, 3.63) is 23.8 Å². The zero-order valence-corrected chi connectivity index (χ0v) is 11.1. The van der Waals surface area contributed by atoms with E-state index in [1.54, 1.807) is 0 Å². The Hall–Kier alpha value is -1.22. The normalized spacial score (nSPS) is 12.8. The fraction of sp³-hybridized carbons (Fsp3) is 0.571. The first-order chi connectivity index (χ1) is 8.04. The fourth-order valence-corrected chi connectivity index (χ4v) is 1.82. The van der Waals surface area contributed by atoms with Crippen LogP contribution in [0.5, 0.6) is 5.75 Å². The van der Waals surface area contributed by atoms with Crippen LogP contribution in [0.2, 0.25) is 0 Å². The summed E-state index contributed by atoms with van der Waals surface area (Å²) in [5.74, 6) is 1.42. The monoisotopic (exact) mass is 236 g/mol. The van der Waals surface area contributed by atoms with Crippen LogP contribution in [0.15, 0.2) is 18.2 Å². The lowest BCUT2D eigenvalue weighted by atomic mass is 9.96. The van der Waals surface area contributed by atoms with Gasteiger partial charge >= 0.3 is 0 Å². The summed E-state index contributed by atoms with van der Waals surface area (Å²) >= 11 is 0. The third kappa shape index (κ3) is 4.27. The molecule has 4 N–H and O–H groups in total. The number of rotatable bonds is 6. The minimum atomic E-state index is -0.0137. The first-order valence-electron chi connectivity index (χ1n) is 6.32. The maximum absolute atomic E-state index is 6.16. The summed E-state index contributed by atoms with van der Waals surface area (Å²) in [4.78, 5) is 0. The largest absolute Gasteiger partial charge is 0.494 e. The summed E-state index contributed by atoms with van der Waals surface area (Å²) in [7, 11) is 0.